The maximum atomic E-state index is 13.0. The Labute approximate surface area is 166 Å². The molecule has 2 saturated heterocycles. The van der Waals surface area contributed by atoms with Crippen molar-refractivity contribution in [1.29, 1.82) is 0 Å². The van der Waals surface area contributed by atoms with Gasteiger partial charge in [-0.15, -0.1) is 0 Å². The minimum absolute atomic E-state index is 0.0136. The van der Waals surface area contributed by atoms with Gasteiger partial charge in [0.25, 0.3) is 0 Å². The molecule has 1 aromatic heterocycles. The summed E-state index contributed by atoms with van der Waals surface area (Å²) in [6.45, 7) is 9.13. The third kappa shape index (κ3) is 5.11. The number of hydrogen-bond donors (Lipinski definition) is 0. The van der Waals surface area contributed by atoms with Crippen LogP contribution in [0.15, 0.2) is 12.3 Å². The Kier molecular flexibility index (Phi) is 6.05. The third-order valence-corrected chi connectivity index (χ3v) is 4.96. The minimum Gasteiger partial charge on any atom is -0.474 e. The number of carbonyl (C=O) groups excluding carboxylic acids is 2. The Bertz CT molecular complexity index is 710. The standard InChI is InChI=1S/C20H30N4O4/c1-14-21-10-7-17(22-14)27-15-8-12-23(13-9-15)18(25)16-6-5-11-24(16)19(26)28-20(2,3)4/h7,10,15-16H,5-6,8-9,11-13H2,1-4H3/t16-/m0/s1. The van der Waals surface area contributed by atoms with Crippen LogP contribution >= 0.6 is 0 Å². The zero-order chi connectivity index (χ0) is 20.3. The van der Waals surface area contributed by atoms with Gasteiger partial charge < -0.3 is 14.4 Å². The van der Waals surface area contributed by atoms with E-state index in [4.69, 9.17) is 9.47 Å². The number of piperidine rings is 1. The predicted molar refractivity (Wildman–Crippen MR) is 103 cm³/mol. The van der Waals surface area contributed by atoms with E-state index in [1.165, 1.54) is 0 Å². The van der Waals surface area contributed by atoms with Gasteiger partial charge in [-0.05, 0) is 40.5 Å². The van der Waals surface area contributed by atoms with E-state index >= 15 is 0 Å². The Hall–Kier alpha value is -2.38. The number of ether oxygens (including phenoxy) is 2. The van der Waals surface area contributed by atoms with Crippen LogP contribution in [0.1, 0.15) is 52.3 Å². The van der Waals surface area contributed by atoms with E-state index in [0.29, 0.717) is 37.8 Å². The second-order valence-corrected chi connectivity index (χ2v) is 8.42. The van der Waals surface area contributed by atoms with Crippen LogP contribution < -0.4 is 4.74 Å². The molecule has 0 saturated carbocycles. The second kappa shape index (κ2) is 8.32. The molecule has 0 aromatic carbocycles. The predicted octanol–water partition coefficient (Wildman–Crippen LogP) is 2.55. The van der Waals surface area contributed by atoms with Crippen LogP contribution in [0.3, 0.4) is 0 Å². The Balaban J connectivity index is 1.53. The molecule has 8 nitrogen and oxygen atoms in total. The molecule has 8 heteroatoms. The lowest BCUT2D eigenvalue weighted by Gasteiger charge is -2.35. The molecule has 1 atom stereocenters. The third-order valence-electron chi connectivity index (χ3n) is 4.96. The number of aryl methyl sites for hydroxylation is 1. The molecule has 2 aliphatic rings. The minimum atomic E-state index is -0.567. The summed E-state index contributed by atoms with van der Waals surface area (Å²) in [6.07, 6.45) is 4.31. The van der Waals surface area contributed by atoms with Crippen molar-refractivity contribution in [3.63, 3.8) is 0 Å². The summed E-state index contributed by atoms with van der Waals surface area (Å²) in [4.78, 5) is 37.2. The first kappa shape index (κ1) is 20.4. The van der Waals surface area contributed by atoms with Crippen LogP contribution in [-0.4, -0.2) is 69.1 Å². The fraction of sp³-hybridized carbons (Fsp3) is 0.700. The highest BCUT2D eigenvalue weighted by Gasteiger charge is 2.39. The first-order valence-electron chi connectivity index (χ1n) is 9.97. The highest BCUT2D eigenvalue weighted by atomic mass is 16.6. The van der Waals surface area contributed by atoms with Crippen LogP contribution in [0.4, 0.5) is 4.79 Å². The fourth-order valence-corrected chi connectivity index (χ4v) is 3.64. The Morgan fingerprint density at radius 1 is 1.14 bits per heavy atom. The summed E-state index contributed by atoms with van der Waals surface area (Å²) in [5.41, 5.74) is -0.567. The first-order valence-corrected chi connectivity index (χ1v) is 9.97. The topological polar surface area (TPSA) is 84.9 Å². The number of rotatable bonds is 3. The van der Waals surface area contributed by atoms with Crippen LogP contribution in [0, 0.1) is 6.92 Å². The smallest absolute Gasteiger partial charge is 0.410 e. The number of amides is 2. The molecule has 3 heterocycles. The zero-order valence-corrected chi connectivity index (χ0v) is 17.2. The van der Waals surface area contributed by atoms with E-state index in [1.807, 2.05) is 32.6 Å². The second-order valence-electron chi connectivity index (χ2n) is 8.42. The van der Waals surface area contributed by atoms with Gasteiger partial charge in [0.1, 0.15) is 23.6 Å². The van der Waals surface area contributed by atoms with Crippen LogP contribution in [0.25, 0.3) is 0 Å². The van der Waals surface area contributed by atoms with E-state index < -0.39 is 17.7 Å². The van der Waals surface area contributed by atoms with Crippen molar-refractivity contribution in [1.82, 2.24) is 19.8 Å². The van der Waals surface area contributed by atoms with Crippen molar-refractivity contribution in [3.8, 4) is 5.88 Å². The van der Waals surface area contributed by atoms with Gasteiger partial charge in [0.2, 0.25) is 11.8 Å². The molecule has 0 bridgehead atoms. The average Bonchev–Trinajstić information content (AvgIpc) is 3.10. The molecule has 1 aromatic rings. The van der Waals surface area contributed by atoms with E-state index in [-0.39, 0.29) is 12.0 Å². The molecule has 0 aliphatic carbocycles. The quantitative estimate of drug-likeness (QED) is 0.789. The zero-order valence-electron chi connectivity index (χ0n) is 17.2. The van der Waals surface area contributed by atoms with Crippen molar-refractivity contribution in [2.24, 2.45) is 0 Å². The fourth-order valence-electron chi connectivity index (χ4n) is 3.64. The van der Waals surface area contributed by atoms with Crippen molar-refractivity contribution in [2.75, 3.05) is 19.6 Å². The summed E-state index contributed by atoms with van der Waals surface area (Å²) >= 11 is 0. The number of hydrogen-bond acceptors (Lipinski definition) is 6. The molecule has 2 aliphatic heterocycles. The molecule has 0 unspecified atom stereocenters. The van der Waals surface area contributed by atoms with Crippen molar-refractivity contribution in [3.05, 3.63) is 18.1 Å². The van der Waals surface area contributed by atoms with Crippen LogP contribution in [-0.2, 0) is 9.53 Å². The highest BCUT2D eigenvalue weighted by Crippen LogP contribution is 2.24. The molecule has 28 heavy (non-hydrogen) atoms. The van der Waals surface area contributed by atoms with Gasteiger partial charge in [0, 0.05) is 44.7 Å². The summed E-state index contributed by atoms with van der Waals surface area (Å²) < 4.78 is 11.4. The monoisotopic (exact) mass is 390 g/mol. The SMILES string of the molecule is Cc1nccc(OC2CCN(C(=O)[C@@H]3CCCN3C(=O)OC(C)(C)C)CC2)n1. The number of aromatic nitrogens is 2. The molecular formula is C20H30N4O4. The van der Waals surface area contributed by atoms with E-state index in [1.54, 1.807) is 17.2 Å². The molecule has 2 amide bonds. The summed E-state index contributed by atoms with van der Waals surface area (Å²) in [6, 6.07) is 1.33. The van der Waals surface area contributed by atoms with Gasteiger partial charge in [-0.25, -0.2) is 9.78 Å². The molecule has 2 fully saturated rings. The number of likely N-dealkylation sites (tertiary alicyclic amines) is 2. The van der Waals surface area contributed by atoms with Crippen molar-refractivity contribution < 1.29 is 19.1 Å². The van der Waals surface area contributed by atoms with Crippen molar-refractivity contribution in [2.45, 2.75) is 71.1 Å². The molecule has 0 N–H and O–H groups in total. The first-order chi connectivity index (χ1) is 13.2. The summed E-state index contributed by atoms with van der Waals surface area (Å²) in [7, 11) is 0. The lowest BCUT2D eigenvalue weighted by molar-refractivity contribution is -0.137. The highest BCUT2D eigenvalue weighted by molar-refractivity contribution is 5.86. The van der Waals surface area contributed by atoms with E-state index in [9.17, 15) is 9.59 Å². The number of carbonyl (C=O) groups is 2. The maximum Gasteiger partial charge on any atom is 0.410 e. The molecule has 0 spiro atoms. The normalized spacial score (nSPS) is 20.9. The van der Waals surface area contributed by atoms with Gasteiger partial charge >= 0.3 is 6.09 Å². The van der Waals surface area contributed by atoms with E-state index in [2.05, 4.69) is 9.97 Å². The maximum absolute atomic E-state index is 13.0. The lowest BCUT2D eigenvalue weighted by atomic mass is 10.1. The van der Waals surface area contributed by atoms with Gasteiger partial charge in [-0.1, -0.05) is 0 Å². The van der Waals surface area contributed by atoms with Gasteiger partial charge in [-0.2, -0.15) is 4.98 Å². The molecule has 0 radical (unpaired) electrons. The van der Waals surface area contributed by atoms with E-state index in [0.717, 1.165) is 19.3 Å². The average molecular weight is 390 g/mol. The number of nitrogens with zero attached hydrogens (tertiary/aromatic N) is 4. The van der Waals surface area contributed by atoms with Crippen LogP contribution in [0.5, 0.6) is 5.88 Å². The molecule has 154 valence electrons. The summed E-state index contributed by atoms with van der Waals surface area (Å²) in [5.74, 6) is 1.26. The van der Waals surface area contributed by atoms with Crippen LogP contribution in [0.2, 0.25) is 0 Å². The van der Waals surface area contributed by atoms with Gasteiger partial charge in [0.15, 0.2) is 0 Å². The Morgan fingerprint density at radius 3 is 2.50 bits per heavy atom. The van der Waals surface area contributed by atoms with Crippen molar-refractivity contribution >= 4 is 12.0 Å². The summed E-state index contributed by atoms with van der Waals surface area (Å²) in [5, 5.41) is 0. The lowest BCUT2D eigenvalue weighted by Crippen LogP contribution is -2.51. The van der Waals surface area contributed by atoms with Gasteiger partial charge in [-0.3, -0.25) is 9.69 Å². The van der Waals surface area contributed by atoms with Gasteiger partial charge in [0.05, 0.1) is 0 Å². The largest absolute Gasteiger partial charge is 0.474 e. The Morgan fingerprint density at radius 2 is 1.86 bits per heavy atom. The molecular weight excluding hydrogens is 360 g/mol. The molecule has 3 rings (SSSR count).